The Morgan fingerprint density at radius 1 is 0.800 bits per heavy atom. The quantitative estimate of drug-likeness (QED) is 0.0283. The maximum atomic E-state index is 14.1. The van der Waals surface area contributed by atoms with E-state index in [2.05, 4.69) is 41.3 Å². The van der Waals surface area contributed by atoms with E-state index in [0.29, 0.717) is 72.9 Å². The first kappa shape index (κ1) is 62.3. The molecule has 4 aromatic carbocycles. The van der Waals surface area contributed by atoms with Crippen molar-refractivity contribution in [2.45, 2.75) is 97.4 Å². The van der Waals surface area contributed by atoms with Crippen LogP contribution in [0.1, 0.15) is 92.0 Å². The van der Waals surface area contributed by atoms with Crippen molar-refractivity contribution in [3.05, 3.63) is 124 Å². The lowest BCUT2D eigenvalue weighted by Gasteiger charge is -2.36. The Balaban J connectivity index is 0.654. The number of nitrogens with one attached hydrogen (secondary N) is 5. The number of ketones is 1. The number of halogens is 2. The summed E-state index contributed by atoms with van der Waals surface area (Å²) in [5, 5.41) is 31.1. The molecule has 2 aliphatic heterocycles. The average molecular weight is 1190 g/mol. The molecule has 2 saturated heterocycles. The lowest BCUT2D eigenvalue weighted by atomic mass is 9.77. The average Bonchev–Trinajstić information content (AvgIpc) is 4.44. The number of H-pyrrole nitrogens is 1. The SMILES string of the molecule is Cc1ncsc1-c1ccc(CNC(=O)[C@@H]2C[C@@H](O)CC2C(=O)[C@@H](NC(=O)CCOCCOCCOCCC(=O)N2CCN(c3ccc(C(=O)Nc4n[nH]c5ccc(Cc6cc(F)cc(F)c6)cc45)c(NC4CCOCC4)c3)CC2)C(C)(C)C)cc1. The Morgan fingerprint density at radius 3 is 2.15 bits per heavy atom. The van der Waals surface area contributed by atoms with Crippen LogP contribution in [0.4, 0.5) is 26.0 Å². The molecule has 85 heavy (non-hydrogen) atoms. The molecule has 0 bridgehead atoms. The smallest absolute Gasteiger partial charge is 0.258 e. The number of hydrogen-bond donors (Lipinski definition) is 6. The molecule has 4 amide bonds. The maximum absolute atomic E-state index is 14.1. The second-order valence-corrected chi connectivity index (χ2v) is 24.0. The minimum absolute atomic E-state index is 0.00742. The van der Waals surface area contributed by atoms with Crippen LogP contribution in [-0.4, -0.2) is 152 Å². The molecule has 19 nitrogen and oxygen atoms in total. The van der Waals surface area contributed by atoms with Gasteiger partial charge in [0.25, 0.3) is 5.91 Å². The van der Waals surface area contributed by atoms with E-state index in [1.807, 2.05) is 92.7 Å². The molecule has 3 aliphatic rings. The summed E-state index contributed by atoms with van der Waals surface area (Å²) in [6, 6.07) is 21.7. The van der Waals surface area contributed by atoms with E-state index in [1.54, 1.807) is 17.4 Å². The number of aromatic amines is 1. The number of Topliss-reactive ketones (excluding diaryl/α,β-unsaturated/α-hetero) is 1. The fraction of sp³-hybridized carbons (Fsp3) is 0.476. The van der Waals surface area contributed by atoms with E-state index in [-0.39, 0.29) is 114 Å². The zero-order chi connectivity index (χ0) is 60.0. The molecule has 1 unspecified atom stereocenters. The normalized spacial score (nSPS) is 17.9. The fourth-order valence-electron chi connectivity index (χ4n) is 11.2. The van der Waals surface area contributed by atoms with Crippen molar-refractivity contribution in [2.75, 3.05) is 94.6 Å². The number of ether oxygens (including phenoxy) is 4. The first-order valence-corrected chi connectivity index (χ1v) is 30.1. The molecule has 454 valence electrons. The first-order chi connectivity index (χ1) is 40.9. The molecule has 3 fully saturated rings. The number of nitrogens with zero attached hydrogens (tertiary/aromatic N) is 4. The summed E-state index contributed by atoms with van der Waals surface area (Å²) in [5.74, 6) is -3.76. The van der Waals surface area contributed by atoms with Crippen LogP contribution in [0.25, 0.3) is 21.3 Å². The Hall–Kier alpha value is -7.21. The molecule has 6 N–H and O–H groups in total. The molecule has 0 spiro atoms. The number of carbonyl (C=O) groups excluding carboxylic acids is 5. The van der Waals surface area contributed by atoms with E-state index in [0.717, 1.165) is 51.9 Å². The van der Waals surface area contributed by atoms with Crippen LogP contribution in [0.15, 0.2) is 84.4 Å². The lowest BCUT2D eigenvalue weighted by molar-refractivity contribution is -0.137. The van der Waals surface area contributed by atoms with Crippen LogP contribution in [0.5, 0.6) is 0 Å². The highest BCUT2D eigenvalue weighted by molar-refractivity contribution is 7.13. The minimum Gasteiger partial charge on any atom is -0.393 e. The van der Waals surface area contributed by atoms with Gasteiger partial charge in [-0.1, -0.05) is 51.1 Å². The summed E-state index contributed by atoms with van der Waals surface area (Å²) in [6.07, 6.45) is 1.58. The van der Waals surface area contributed by atoms with Gasteiger partial charge in [-0.05, 0) is 109 Å². The molecule has 9 rings (SSSR count). The summed E-state index contributed by atoms with van der Waals surface area (Å²) in [6.45, 7) is 12.7. The first-order valence-electron chi connectivity index (χ1n) is 29.2. The number of benzene rings is 4. The van der Waals surface area contributed by atoms with Crippen LogP contribution in [-0.2, 0) is 51.1 Å². The number of aliphatic hydroxyl groups excluding tert-OH is 1. The van der Waals surface area contributed by atoms with Crippen molar-refractivity contribution in [3.63, 3.8) is 0 Å². The molecule has 6 aromatic rings. The maximum Gasteiger partial charge on any atom is 0.258 e. The Bertz CT molecular complexity index is 3250. The number of aromatic nitrogens is 3. The summed E-state index contributed by atoms with van der Waals surface area (Å²) >= 11 is 1.57. The topological polar surface area (TPSA) is 239 Å². The van der Waals surface area contributed by atoms with Gasteiger partial charge >= 0.3 is 0 Å². The van der Waals surface area contributed by atoms with Gasteiger partial charge in [0.1, 0.15) is 11.6 Å². The highest BCUT2D eigenvalue weighted by Gasteiger charge is 2.47. The number of piperazine rings is 1. The van der Waals surface area contributed by atoms with E-state index in [1.165, 1.54) is 12.1 Å². The standard InChI is InChI=1S/C63H77F2N9O10S/c1-39-58(85-38-67-39)43-8-5-40(6-9-43)37-66-61(79)51-36-48(75)35-50(51)57(78)59(63(2,3)4)69-55(76)15-23-82-25-27-84-28-26-83-24-16-56(77)74-19-17-73(18-20-74)47-10-11-49(54(34-47)68-46-13-21-81-22-14-46)62(80)70-60-52-32-41(7-12-53(52)71-72-60)29-42-30-44(64)33-45(65)31-42/h5-12,30-34,38,46,48,50-51,59,68,75H,13-29,35-37H2,1-4H3,(H,66,79)(H,69,76)(H2,70,71,72,80)/t48-,50?,51+,59+/m0/s1. The van der Waals surface area contributed by atoms with Gasteiger partial charge in [0.15, 0.2) is 11.6 Å². The van der Waals surface area contributed by atoms with Gasteiger partial charge in [-0.15, -0.1) is 11.3 Å². The monoisotopic (exact) mass is 1190 g/mol. The second kappa shape index (κ2) is 29.3. The lowest BCUT2D eigenvalue weighted by Crippen LogP contribution is -2.52. The van der Waals surface area contributed by atoms with Gasteiger partial charge in [-0.2, -0.15) is 5.10 Å². The molecular weight excluding hydrogens is 1110 g/mol. The third-order valence-corrected chi connectivity index (χ3v) is 16.8. The van der Waals surface area contributed by atoms with Crippen molar-refractivity contribution in [2.24, 2.45) is 17.3 Å². The third-order valence-electron chi connectivity index (χ3n) is 15.8. The van der Waals surface area contributed by atoms with Crippen LogP contribution >= 0.6 is 11.3 Å². The largest absolute Gasteiger partial charge is 0.393 e. The van der Waals surface area contributed by atoms with Gasteiger partial charge < -0.3 is 55.1 Å². The van der Waals surface area contributed by atoms with Crippen LogP contribution < -0.4 is 26.2 Å². The van der Waals surface area contributed by atoms with Gasteiger partial charge in [-0.3, -0.25) is 29.1 Å². The summed E-state index contributed by atoms with van der Waals surface area (Å²) in [4.78, 5) is 77.5. The molecule has 1 saturated carbocycles. The van der Waals surface area contributed by atoms with Gasteiger partial charge in [-0.25, -0.2) is 13.8 Å². The fourth-order valence-corrected chi connectivity index (χ4v) is 12.0. The van der Waals surface area contributed by atoms with Crippen molar-refractivity contribution in [1.29, 1.82) is 0 Å². The molecule has 1 aliphatic carbocycles. The molecule has 4 heterocycles. The Labute approximate surface area is 497 Å². The predicted octanol–water partition coefficient (Wildman–Crippen LogP) is 7.99. The van der Waals surface area contributed by atoms with Crippen molar-refractivity contribution < 1.29 is 56.8 Å². The van der Waals surface area contributed by atoms with Gasteiger partial charge in [0.2, 0.25) is 17.7 Å². The predicted molar refractivity (Wildman–Crippen MR) is 320 cm³/mol. The summed E-state index contributed by atoms with van der Waals surface area (Å²) in [5.41, 5.74) is 8.05. The van der Waals surface area contributed by atoms with Crippen LogP contribution in [0, 0.1) is 35.8 Å². The van der Waals surface area contributed by atoms with Gasteiger partial charge in [0, 0.05) is 87.1 Å². The van der Waals surface area contributed by atoms with E-state index < -0.39 is 41.0 Å². The van der Waals surface area contributed by atoms with Crippen molar-refractivity contribution in [1.82, 2.24) is 30.7 Å². The highest BCUT2D eigenvalue weighted by Crippen LogP contribution is 2.37. The van der Waals surface area contributed by atoms with Crippen molar-refractivity contribution in [3.8, 4) is 10.4 Å². The number of amides is 4. The summed E-state index contributed by atoms with van der Waals surface area (Å²) < 4.78 is 50.5. The van der Waals surface area contributed by atoms with Crippen molar-refractivity contribution >= 4 is 68.8 Å². The number of aliphatic hydroxyl groups is 1. The zero-order valence-corrected chi connectivity index (χ0v) is 49.5. The number of fused-ring (bicyclic) bond motifs is 1. The number of carbonyl (C=O) groups is 5. The van der Waals surface area contributed by atoms with Gasteiger partial charge in [0.05, 0.1) is 91.3 Å². The highest BCUT2D eigenvalue weighted by atomic mass is 32.1. The number of anilines is 3. The number of aryl methyl sites for hydroxylation is 1. The second-order valence-electron chi connectivity index (χ2n) is 23.1. The number of thiazole rings is 1. The number of hydrogen-bond acceptors (Lipinski definition) is 15. The Morgan fingerprint density at radius 2 is 1.47 bits per heavy atom. The molecular formula is C63H77F2N9O10S. The Kier molecular flexibility index (Phi) is 21.5. The van der Waals surface area contributed by atoms with E-state index in [9.17, 15) is 37.9 Å². The summed E-state index contributed by atoms with van der Waals surface area (Å²) in [7, 11) is 0. The van der Waals surface area contributed by atoms with Crippen LogP contribution in [0.3, 0.4) is 0 Å². The molecule has 0 radical (unpaired) electrons. The molecule has 4 atom stereocenters. The van der Waals surface area contributed by atoms with E-state index in [4.69, 9.17) is 18.9 Å². The third kappa shape index (κ3) is 17.0. The zero-order valence-electron chi connectivity index (χ0n) is 48.7. The van der Waals surface area contributed by atoms with Crippen LogP contribution in [0.2, 0.25) is 0 Å². The number of rotatable bonds is 26. The molecule has 22 heteroatoms. The minimum atomic E-state index is -0.884. The van der Waals surface area contributed by atoms with E-state index >= 15 is 0 Å². The molecule has 2 aromatic heterocycles.